The van der Waals surface area contributed by atoms with Crippen LogP contribution >= 0.6 is 0 Å². The number of ether oxygens (including phenoxy) is 1. The summed E-state index contributed by atoms with van der Waals surface area (Å²) in [5.74, 6) is 0.754. The van der Waals surface area contributed by atoms with Gasteiger partial charge in [0, 0.05) is 32.6 Å². The Bertz CT molecular complexity index is 1310. The van der Waals surface area contributed by atoms with Crippen molar-refractivity contribution in [1.29, 1.82) is 0 Å². The van der Waals surface area contributed by atoms with E-state index in [2.05, 4.69) is 45.2 Å². The first kappa shape index (κ1) is 20.3. The molecule has 0 fully saturated rings. The van der Waals surface area contributed by atoms with E-state index in [4.69, 9.17) is 4.74 Å². The normalized spacial score (nSPS) is 18.1. The van der Waals surface area contributed by atoms with Crippen molar-refractivity contribution in [2.24, 2.45) is 14.1 Å². The molecular formula is C23H27N7O2. The Morgan fingerprint density at radius 1 is 1.22 bits per heavy atom. The van der Waals surface area contributed by atoms with Gasteiger partial charge in [0.25, 0.3) is 0 Å². The van der Waals surface area contributed by atoms with E-state index in [1.165, 1.54) is 0 Å². The van der Waals surface area contributed by atoms with Crippen molar-refractivity contribution in [3.8, 4) is 22.9 Å². The van der Waals surface area contributed by atoms with Gasteiger partial charge in [-0.15, -0.1) is 5.10 Å². The number of benzene rings is 1. The number of aromatic hydroxyl groups is 1. The molecule has 3 aromatic heterocycles. The van der Waals surface area contributed by atoms with Crippen LogP contribution in [0.3, 0.4) is 0 Å². The van der Waals surface area contributed by atoms with Crippen LogP contribution in [-0.2, 0) is 20.6 Å². The number of aromatic nitrogens is 6. The summed E-state index contributed by atoms with van der Waals surface area (Å²) >= 11 is 0. The highest BCUT2D eigenvalue weighted by Gasteiger charge is 2.21. The number of hydrogen-bond donors (Lipinski definition) is 2. The molecule has 5 rings (SSSR count). The van der Waals surface area contributed by atoms with E-state index in [-0.39, 0.29) is 12.0 Å². The highest BCUT2D eigenvalue weighted by atomic mass is 16.5. The molecule has 4 aromatic rings. The third kappa shape index (κ3) is 3.44. The first-order valence-corrected chi connectivity index (χ1v) is 10.8. The fourth-order valence-electron chi connectivity index (χ4n) is 4.28. The lowest BCUT2D eigenvalue weighted by Gasteiger charge is -2.25. The summed E-state index contributed by atoms with van der Waals surface area (Å²) < 4.78 is 9.91. The molecule has 2 bridgehead atoms. The average Bonchev–Trinajstić information content (AvgIpc) is 3.41. The van der Waals surface area contributed by atoms with Gasteiger partial charge >= 0.3 is 0 Å². The van der Waals surface area contributed by atoms with Gasteiger partial charge in [0.2, 0.25) is 11.8 Å². The van der Waals surface area contributed by atoms with Gasteiger partial charge in [0.05, 0.1) is 34.2 Å². The summed E-state index contributed by atoms with van der Waals surface area (Å²) in [6.45, 7) is 6.37. The third-order valence-electron chi connectivity index (χ3n) is 6.03. The van der Waals surface area contributed by atoms with Gasteiger partial charge in [-0.1, -0.05) is 13.0 Å². The van der Waals surface area contributed by atoms with Crippen LogP contribution in [0, 0.1) is 0 Å². The lowest BCUT2D eigenvalue weighted by molar-refractivity contribution is 0.134. The highest BCUT2D eigenvalue weighted by molar-refractivity contribution is 5.93. The van der Waals surface area contributed by atoms with Gasteiger partial charge in [-0.25, -0.2) is 4.68 Å². The lowest BCUT2D eigenvalue weighted by Crippen LogP contribution is -2.34. The predicted octanol–water partition coefficient (Wildman–Crippen LogP) is 3.18. The second kappa shape index (κ2) is 7.83. The Labute approximate surface area is 185 Å². The van der Waals surface area contributed by atoms with Crippen molar-refractivity contribution in [3.05, 3.63) is 41.3 Å². The van der Waals surface area contributed by atoms with Crippen LogP contribution in [0.5, 0.6) is 11.8 Å². The zero-order valence-electron chi connectivity index (χ0n) is 18.7. The molecule has 166 valence electrons. The molecule has 0 unspecified atom stereocenters. The molecule has 9 heteroatoms. The van der Waals surface area contributed by atoms with Crippen LogP contribution in [0.15, 0.2) is 24.4 Å². The Morgan fingerprint density at radius 3 is 2.88 bits per heavy atom. The van der Waals surface area contributed by atoms with Crippen molar-refractivity contribution >= 4 is 23.1 Å². The Balaban J connectivity index is 1.70. The molecule has 0 aliphatic carbocycles. The first-order chi connectivity index (χ1) is 15.4. The summed E-state index contributed by atoms with van der Waals surface area (Å²) in [6.07, 6.45) is 5.59. The van der Waals surface area contributed by atoms with Crippen molar-refractivity contribution in [2.45, 2.75) is 26.5 Å². The van der Waals surface area contributed by atoms with E-state index in [9.17, 15) is 5.11 Å². The van der Waals surface area contributed by atoms with Gasteiger partial charge in [-0.2, -0.15) is 10.2 Å². The first-order valence-electron chi connectivity index (χ1n) is 10.8. The van der Waals surface area contributed by atoms with Crippen LogP contribution in [0.25, 0.3) is 34.2 Å². The molecule has 2 N–H and O–H groups in total. The topological polar surface area (TPSA) is 97.0 Å². The number of H-pyrrole nitrogens is 1. The molecule has 1 atom stereocenters. The van der Waals surface area contributed by atoms with E-state index >= 15 is 0 Å². The Kier molecular flexibility index (Phi) is 4.97. The minimum Gasteiger partial charge on any atom is -0.492 e. The van der Waals surface area contributed by atoms with Crippen molar-refractivity contribution in [3.63, 3.8) is 0 Å². The van der Waals surface area contributed by atoms with Crippen LogP contribution in [0.1, 0.15) is 30.8 Å². The average molecular weight is 434 g/mol. The number of aromatic amines is 1. The third-order valence-corrected chi connectivity index (χ3v) is 6.03. The maximum atomic E-state index is 10.5. The van der Waals surface area contributed by atoms with Crippen LogP contribution in [0.2, 0.25) is 0 Å². The molecular weight excluding hydrogens is 406 g/mol. The number of likely N-dealkylation sites (N-methyl/N-ethyl adjacent to an activating group) is 1. The van der Waals surface area contributed by atoms with Gasteiger partial charge in [-0.3, -0.25) is 14.7 Å². The van der Waals surface area contributed by atoms with Crippen LogP contribution in [-0.4, -0.2) is 59.0 Å². The lowest BCUT2D eigenvalue weighted by atomic mass is 10.1. The molecule has 1 aliphatic rings. The molecule has 32 heavy (non-hydrogen) atoms. The molecule has 4 heterocycles. The smallest absolute Gasteiger partial charge is 0.238 e. The molecule has 0 radical (unpaired) electrons. The number of nitrogens with zero attached hydrogens (tertiary/aromatic N) is 6. The van der Waals surface area contributed by atoms with E-state index in [1.54, 1.807) is 9.36 Å². The molecule has 1 aromatic carbocycles. The summed E-state index contributed by atoms with van der Waals surface area (Å²) in [5.41, 5.74) is 5.32. The quantitative estimate of drug-likeness (QED) is 0.479. The van der Waals surface area contributed by atoms with Gasteiger partial charge in [0.1, 0.15) is 6.10 Å². The Hall–Kier alpha value is -3.59. The standard InChI is InChI=1S/C23H27N7O2/c1-5-30-12-14(2)32-23-18(11-24-29(23)4)15-6-8-19-17(10-15)20(26-25-19)9-7-16-21(13-30)28(3)27-22(16)31/h6-11,14H,5,12-13H2,1-4H3,(H,25,26)(H,27,31)/b9-7+/t14-/m0/s1. The fraction of sp³-hybridized carbons (Fsp3) is 0.348. The minimum absolute atomic E-state index is 0.0161. The summed E-state index contributed by atoms with van der Waals surface area (Å²) in [6, 6.07) is 6.15. The summed E-state index contributed by atoms with van der Waals surface area (Å²) in [4.78, 5) is 2.28. The largest absolute Gasteiger partial charge is 0.492 e. The fourth-order valence-corrected chi connectivity index (χ4v) is 4.28. The number of hydrogen-bond acceptors (Lipinski definition) is 6. The van der Waals surface area contributed by atoms with Gasteiger partial charge in [0.15, 0.2) is 0 Å². The molecule has 9 nitrogen and oxygen atoms in total. The van der Waals surface area contributed by atoms with Gasteiger partial charge in [-0.05, 0) is 43.3 Å². The second-order valence-corrected chi connectivity index (χ2v) is 8.25. The Morgan fingerprint density at radius 2 is 2.06 bits per heavy atom. The summed E-state index contributed by atoms with van der Waals surface area (Å²) in [5, 5.41) is 27.7. The molecule has 0 saturated heterocycles. The zero-order valence-corrected chi connectivity index (χ0v) is 18.7. The number of nitrogens with one attached hydrogen (secondary N) is 1. The van der Waals surface area contributed by atoms with Gasteiger partial charge < -0.3 is 9.84 Å². The van der Waals surface area contributed by atoms with Crippen LogP contribution < -0.4 is 4.74 Å². The molecule has 0 saturated carbocycles. The second-order valence-electron chi connectivity index (χ2n) is 8.25. The van der Waals surface area contributed by atoms with E-state index in [1.807, 2.05) is 44.6 Å². The van der Waals surface area contributed by atoms with E-state index in [0.717, 1.165) is 52.4 Å². The predicted molar refractivity (Wildman–Crippen MR) is 123 cm³/mol. The molecule has 0 amide bonds. The number of aryl methyl sites for hydroxylation is 2. The number of rotatable bonds is 1. The van der Waals surface area contributed by atoms with Crippen molar-refractivity contribution < 1.29 is 9.84 Å². The molecule has 0 spiro atoms. The van der Waals surface area contributed by atoms with E-state index < -0.39 is 0 Å². The summed E-state index contributed by atoms with van der Waals surface area (Å²) in [7, 11) is 3.75. The minimum atomic E-state index is -0.0664. The number of fused-ring (bicyclic) bond motifs is 4. The van der Waals surface area contributed by atoms with E-state index in [0.29, 0.717) is 12.1 Å². The maximum absolute atomic E-state index is 10.5. The van der Waals surface area contributed by atoms with Crippen LogP contribution in [0.4, 0.5) is 0 Å². The maximum Gasteiger partial charge on any atom is 0.238 e. The highest BCUT2D eigenvalue weighted by Crippen LogP contribution is 2.33. The monoisotopic (exact) mass is 433 g/mol. The molecule has 1 aliphatic heterocycles. The van der Waals surface area contributed by atoms with Crippen molar-refractivity contribution in [1.82, 2.24) is 34.7 Å². The SMILES string of the molecule is CCN1Cc2c(c(O)nn2C)/C=C/c2n[nH]c3ccc(cc23)-c2cnn(C)c2O[C@@H](C)C1. The van der Waals surface area contributed by atoms with Crippen molar-refractivity contribution in [2.75, 3.05) is 13.1 Å². The zero-order chi connectivity index (χ0) is 22.4.